The first-order chi connectivity index (χ1) is 10.8. The van der Waals surface area contributed by atoms with Crippen LogP contribution in [0.5, 0.6) is 0 Å². The van der Waals surface area contributed by atoms with Crippen molar-refractivity contribution >= 4 is 17.0 Å². The number of aliphatic hydroxyl groups is 2. The second-order valence-electron chi connectivity index (χ2n) is 6.48. The second kappa shape index (κ2) is 5.48. The van der Waals surface area contributed by atoms with Crippen LogP contribution < -0.4 is 5.32 Å². The molecule has 0 bridgehead atoms. The van der Waals surface area contributed by atoms with Gasteiger partial charge in [0.1, 0.15) is 11.8 Å². The Kier molecular flexibility index (Phi) is 3.46. The van der Waals surface area contributed by atoms with Crippen LogP contribution >= 0.6 is 0 Å². The lowest BCUT2D eigenvalue weighted by Gasteiger charge is -2.12. The molecule has 0 spiro atoms. The third-order valence-electron chi connectivity index (χ3n) is 4.96. The largest absolute Gasteiger partial charge is 0.396 e. The Morgan fingerprint density at radius 3 is 2.45 bits per heavy atom. The number of nitrogens with zero attached hydrogens (tertiary/aromatic N) is 4. The molecule has 0 unspecified atom stereocenters. The Morgan fingerprint density at radius 1 is 1.09 bits per heavy atom. The van der Waals surface area contributed by atoms with Crippen LogP contribution in [0.2, 0.25) is 0 Å². The van der Waals surface area contributed by atoms with E-state index < -0.39 is 0 Å². The molecular formula is C15H21N5O2. The van der Waals surface area contributed by atoms with Crippen molar-refractivity contribution in [3.63, 3.8) is 0 Å². The van der Waals surface area contributed by atoms with E-state index in [9.17, 15) is 10.2 Å². The molecule has 2 fully saturated rings. The third-order valence-corrected chi connectivity index (χ3v) is 4.96. The summed E-state index contributed by atoms with van der Waals surface area (Å²) >= 11 is 0. The van der Waals surface area contributed by atoms with Crippen LogP contribution in [0.25, 0.3) is 11.2 Å². The van der Waals surface area contributed by atoms with Gasteiger partial charge in [-0.05, 0) is 37.5 Å². The van der Waals surface area contributed by atoms with E-state index in [1.807, 2.05) is 6.33 Å². The predicted octanol–water partition coefficient (Wildman–Crippen LogP) is 0.952. The van der Waals surface area contributed by atoms with Crippen LogP contribution in [0.4, 0.5) is 5.82 Å². The van der Waals surface area contributed by atoms with Gasteiger partial charge in [-0.1, -0.05) is 0 Å². The maximum atomic E-state index is 9.47. The van der Waals surface area contributed by atoms with Crippen molar-refractivity contribution in [3.8, 4) is 0 Å². The van der Waals surface area contributed by atoms with E-state index in [4.69, 9.17) is 0 Å². The zero-order valence-electron chi connectivity index (χ0n) is 12.4. The van der Waals surface area contributed by atoms with Gasteiger partial charge in [-0.2, -0.15) is 0 Å². The number of hydrogen-bond donors (Lipinski definition) is 3. The van der Waals surface area contributed by atoms with Crippen LogP contribution in [0.15, 0.2) is 12.7 Å². The Balaban J connectivity index is 1.65. The summed E-state index contributed by atoms with van der Waals surface area (Å²) in [4.78, 5) is 13.2. The number of aromatic nitrogens is 4. The second-order valence-corrected chi connectivity index (χ2v) is 6.48. The van der Waals surface area contributed by atoms with Gasteiger partial charge in [0, 0.05) is 25.3 Å². The summed E-state index contributed by atoms with van der Waals surface area (Å²) in [5, 5.41) is 22.3. The van der Waals surface area contributed by atoms with Crippen LogP contribution in [-0.2, 0) is 0 Å². The van der Waals surface area contributed by atoms with Crippen molar-refractivity contribution in [2.45, 2.75) is 37.8 Å². The van der Waals surface area contributed by atoms with E-state index >= 15 is 0 Å². The summed E-state index contributed by atoms with van der Waals surface area (Å²) < 4.78 is 2.08. The lowest BCUT2D eigenvalue weighted by Crippen LogP contribution is -2.15. The summed E-state index contributed by atoms with van der Waals surface area (Å²) in [6, 6.07) is 0.746. The van der Waals surface area contributed by atoms with Crippen molar-refractivity contribution < 1.29 is 10.2 Å². The van der Waals surface area contributed by atoms with E-state index in [1.54, 1.807) is 6.33 Å². The fourth-order valence-electron chi connectivity index (χ4n) is 3.50. The van der Waals surface area contributed by atoms with Crippen molar-refractivity contribution in [3.05, 3.63) is 12.7 Å². The number of aliphatic hydroxyl groups excluding tert-OH is 2. The molecule has 2 saturated carbocycles. The number of hydrogen-bond acceptors (Lipinski definition) is 6. The minimum Gasteiger partial charge on any atom is -0.396 e. The Labute approximate surface area is 128 Å². The van der Waals surface area contributed by atoms with E-state index in [0.29, 0.717) is 6.04 Å². The maximum absolute atomic E-state index is 9.47. The van der Waals surface area contributed by atoms with Crippen LogP contribution in [0.1, 0.15) is 31.7 Å². The first kappa shape index (κ1) is 13.9. The lowest BCUT2D eigenvalue weighted by molar-refractivity contribution is 0.141. The molecule has 2 heterocycles. The molecule has 0 amide bonds. The highest BCUT2D eigenvalue weighted by Crippen LogP contribution is 2.40. The molecule has 0 aromatic carbocycles. The predicted molar refractivity (Wildman–Crippen MR) is 81.4 cm³/mol. The van der Waals surface area contributed by atoms with Gasteiger partial charge >= 0.3 is 0 Å². The number of nitrogens with one attached hydrogen (secondary N) is 1. The molecule has 2 aliphatic rings. The van der Waals surface area contributed by atoms with E-state index in [1.165, 1.54) is 12.8 Å². The molecule has 0 radical (unpaired) electrons. The average molecular weight is 303 g/mol. The smallest absolute Gasteiger partial charge is 0.165 e. The monoisotopic (exact) mass is 303 g/mol. The Morgan fingerprint density at radius 2 is 1.82 bits per heavy atom. The quantitative estimate of drug-likeness (QED) is 0.761. The van der Waals surface area contributed by atoms with Gasteiger partial charge in [0.25, 0.3) is 0 Å². The van der Waals surface area contributed by atoms with Gasteiger partial charge in [0.05, 0.1) is 6.33 Å². The van der Waals surface area contributed by atoms with Gasteiger partial charge in [-0.15, -0.1) is 0 Å². The molecule has 7 nitrogen and oxygen atoms in total. The minimum atomic E-state index is 0.123. The number of rotatable bonds is 5. The molecule has 2 aromatic heterocycles. The average Bonchev–Trinajstić information content (AvgIpc) is 3.10. The Bertz CT molecular complexity index is 657. The first-order valence-electron chi connectivity index (χ1n) is 7.96. The Hall–Kier alpha value is -1.73. The van der Waals surface area contributed by atoms with Crippen LogP contribution in [0.3, 0.4) is 0 Å². The van der Waals surface area contributed by atoms with Gasteiger partial charge in [-0.25, -0.2) is 15.0 Å². The van der Waals surface area contributed by atoms with Crippen molar-refractivity contribution in [2.75, 3.05) is 18.5 Å². The molecule has 2 aliphatic carbocycles. The minimum absolute atomic E-state index is 0.123. The number of anilines is 1. The lowest BCUT2D eigenvalue weighted by atomic mass is 9.98. The third kappa shape index (κ3) is 2.34. The first-order valence-corrected chi connectivity index (χ1v) is 7.96. The molecule has 2 atom stereocenters. The normalized spacial score (nSPS) is 25.9. The van der Waals surface area contributed by atoms with E-state index in [2.05, 4.69) is 24.8 Å². The van der Waals surface area contributed by atoms with Crippen molar-refractivity contribution in [1.29, 1.82) is 0 Å². The summed E-state index contributed by atoms with van der Waals surface area (Å²) in [5.41, 5.74) is 1.64. The maximum Gasteiger partial charge on any atom is 0.165 e. The van der Waals surface area contributed by atoms with Gasteiger partial charge in [-0.3, -0.25) is 0 Å². The van der Waals surface area contributed by atoms with Gasteiger partial charge < -0.3 is 20.1 Å². The summed E-state index contributed by atoms with van der Waals surface area (Å²) in [5.74, 6) is 1.11. The van der Waals surface area contributed by atoms with Crippen LogP contribution in [-0.4, -0.2) is 49.0 Å². The summed E-state index contributed by atoms with van der Waals surface area (Å²) in [7, 11) is 0. The molecule has 2 aromatic rings. The van der Waals surface area contributed by atoms with E-state index in [0.717, 1.165) is 29.8 Å². The molecule has 3 N–H and O–H groups in total. The van der Waals surface area contributed by atoms with E-state index in [-0.39, 0.29) is 31.1 Å². The number of imidazole rings is 1. The summed E-state index contributed by atoms with van der Waals surface area (Å²) in [6.45, 7) is 0.246. The van der Waals surface area contributed by atoms with Gasteiger partial charge in [0.15, 0.2) is 11.5 Å². The number of fused-ring (bicyclic) bond motifs is 1. The molecular weight excluding hydrogens is 282 g/mol. The zero-order chi connectivity index (χ0) is 15.1. The highest BCUT2D eigenvalue weighted by atomic mass is 16.3. The molecule has 22 heavy (non-hydrogen) atoms. The summed E-state index contributed by atoms with van der Waals surface area (Å²) in [6.07, 6.45) is 7.46. The topological polar surface area (TPSA) is 96.1 Å². The molecule has 0 aliphatic heterocycles. The fourth-order valence-corrected chi connectivity index (χ4v) is 3.50. The van der Waals surface area contributed by atoms with Crippen molar-refractivity contribution in [2.24, 2.45) is 11.8 Å². The van der Waals surface area contributed by atoms with Crippen LogP contribution in [0, 0.1) is 11.8 Å². The SMILES string of the molecule is OC[C@@H]1CC(n2cnc3c(NC4CC4)ncnc32)C[C@H]1CO. The van der Waals surface area contributed by atoms with Crippen molar-refractivity contribution in [1.82, 2.24) is 19.5 Å². The van der Waals surface area contributed by atoms with Gasteiger partial charge in [0.2, 0.25) is 0 Å². The highest BCUT2D eigenvalue weighted by Gasteiger charge is 2.35. The molecule has 0 saturated heterocycles. The molecule has 4 rings (SSSR count). The standard InChI is InChI=1S/C15H21N5O2/c21-5-9-3-12(4-10(9)6-22)20-8-18-13-14(19-11-1-2-11)16-7-17-15(13)20/h7-12,21-22H,1-6H2,(H,16,17,19)/t9-,10-/m0/s1. The zero-order valence-corrected chi connectivity index (χ0v) is 12.4. The highest BCUT2D eigenvalue weighted by molar-refractivity contribution is 5.83. The molecule has 118 valence electrons. The molecule has 7 heteroatoms. The fraction of sp³-hybridized carbons (Fsp3) is 0.667.